The highest BCUT2D eigenvalue weighted by Crippen LogP contribution is 2.22. The number of likely N-dealkylation sites (tertiary alicyclic amines) is 1. The maximum Gasteiger partial charge on any atom is 0.338 e. The van der Waals surface area contributed by atoms with Crippen molar-refractivity contribution in [2.45, 2.75) is 44.4 Å². The first-order chi connectivity index (χ1) is 15.7. The maximum atomic E-state index is 12.5. The lowest BCUT2D eigenvalue weighted by Crippen LogP contribution is -2.41. The molecule has 0 aliphatic carbocycles. The summed E-state index contributed by atoms with van der Waals surface area (Å²) in [4.78, 5) is 14.9. The monoisotopic (exact) mass is 434 g/mol. The summed E-state index contributed by atoms with van der Waals surface area (Å²) in [6, 6.07) is 14.5. The van der Waals surface area contributed by atoms with Crippen molar-refractivity contribution in [3.05, 3.63) is 59.8 Å². The third kappa shape index (κ3) is 5.11. The number of carbonyl (C=O) groups is 1. The highest BCUT2D eigenvalue weighted by molar-refractivity contribution is 5.89. The number of nitrogens with zero attached hydrogens (tertiary/aromatic N) is 2. The second-order valence-corrected chi connectivity index (χ2v) is 8.82. The molecule has 0 spiro atoms. The number of benzene rings is 2. The minimum atomic E-state index is -0.268. The second-order valence-electron chi connectivity index (χ2n) is 8.82. The topological polar surface area (TPSA) is 79.5 Å². The van der Waals surface area contributed by atoms with Crippen LogP contribution in [0.3, 0.4) is 0 Å². The van der Waals surface area contributed by atoms with Gasteiger partial charge in [0, 0.05) is 36.8 Å². The van der Waals surface area contributed by atoms with Crippen LogP contribution in [-0.2, 0) is 16.0 Å². The molecule has 7 nitrogen and oxygen atoms in total. The molecule has 2 aromatic carbocycles. The van der Waals surface area contributed by atoms with Gasteiger partial charge in [0.1, 0.15) is 6.61 Å². The lowest BCUT2D eigenvalue weighted by Gasteiger charge is -2.33. The third-order valence-corrected chi connectivity index (χ3v) is 6.31. The van der Waals surface area contributed by atoms with Gasteiger partial charge >= 0.3 is 5.97 Å². The van der Waals surface area contributed by atoms with Crippen molar-refractivity contribution in [3.63, 3.8) is 0 Å². The average molecular weight is 435 g/mol. The van der Waals surface area contributed by atoms with E-state index in [9.17, 15) is 4.79 Å². The number of hydrogen-bond acceptors (Lipinski definition) is 6. The molecule has 0 amide bonds. The Labute approximate surface area is 188 Å². The Hall–Kier alpha value is -2.90. The number of anilines is 1. The highest BCUT2D eigenvalue weighted by Gasteiger charge is 2.21. The van der Waals surface area contributed by atoms with E-state index >= 15 is 0 Å². The largest absolute Gasteiger partial charge is 0.459 e. The number of carbonyl (C=O) groups excluding carboxylic acids is 1. The molecule has 0 bridgehead atoms. The van der Waals surface area contributed by atoms with Crippen molar-refractivity contribution in [2.75, 3.05) is 31.6 Å². The molecule has 2 unspecified atom stereocenters. The first-order valence-corrected chi connectivity index (χ1v) is 11.5. The molecule has 2 aliphatic rings. The number of fused-ring (bicyclic) bond motifs is 1. The number of nitrogens with one attached hydrogen (secondary N) is 2. The number of esters is 1. The Morgan fingerprint density at radius 2 is 2.19 bits per heavy atom. The first-order valence-electron chi connectivity index (χ1n) is 11.5. The smallest absolute Gasteiger partial charge is 0.338 e. The summed E-state index contributed by atoms with van der Waals surface area (Å²) in [5.74, 6) is -0.268. The predicted molar refractivity (Wildman–Crippen MR) is 124 cm³/mol. The fourth-order valence-electron chi connectivity index (χ4n) is 4.67. The van der Waals surface area contributed by atoms with Gasteiger partial charge in [-0.2, -0.15) is 5.10 Å². The molecule has 168 valence electrons. The van der Waals surface area contributed by atoms with E-state index in [1.165, 1.54) is 0 Å². The third-order valence-electron chi connectivity index (χ3n) is 6.31. The van der Waals surface area contributed by atoms with Crippen molar-refractivity contribution in [3.8, 4) is 0 Å². The number of ether oxygens (including phenoxy) is 2. The standard InChI is InChI=1S/C25H30N4O3/c30-25(32-17-23-7-3-11-31-23)19-5-1-4-18(12-19)15-29-10-2-6-22(16-29)27-21-8-9-24-20(13-21)14-26-28-24/h1,4-5,8-9,12-14,22-23,27H,2-3,6-7,10-11,15-17H2,(H,26,28). The van der Waals surface area contributed by atoms with Crippen LogP contribution in [0.4, 0.5) is 5.69 Å². The van der Waals surface area contributed by atoms with Crippen molar-refractivity contribution in [2.24, 2.45) is 0 Å². The zero-order valence-electron chi connectivity index (χ0n) is 18.3. The molecule has 2 saturated heterocycles. The summed E-state index contributed by atoms with van der Waals surface area (Å²) in [6.07, 6.45) is 6.21. The highest BCUT2D eigenvalue weighted by atomic mass is 16.6. The molecule has 2 fully saturated rings. The molecular formula is C25H30N4O3. The number of aromatic nitrogens is 2. The summed E-state index contributed by atoms with van der Waals surface area (Å²) in [5, 5.41) is 11.9. The van der Waals surface area contributed by atoms with Gasteiger partial charge in [0.25, 0.3) is 0 Å². The van der Waals surface area contributed by atoms with Crippen LogP contribution in [-0.4, -0.2) is 59.5 Å². The molecule has 5 rings (SSSR count). The van der Waals surface area contributed by atoms with Crippen LogP contribution in [0.25, 0.3) is 10.9 Å². The molecule has 0 radical (unpaired) electrons. The Balaban J connectivity index is 1.16. The Morgan fingerprint density at radius 1 is 1.22 bits per heavy atom. The predicted octanol–water partition coefficient (Wildman–Crippen LogP) is 3.98. The van der Waals surface area contributed by atoms with Crippen molar-refractivity contribution >= 4 is 22.6 Å². The van der Waals surface area contributed by atoms with E-state index in [0.29, 0.717) is 18.2 Å². The molecule has 2 N–H and O–H groups in total. The minimum absolute atomic E-state index is 0.0501. The number of H-pyrrole nitrogens is 1. The Morgan fingerprint density at radius 3 is 3.09 bits per heavy atom. The second kappa shape index (κ2) is 9.71. The summed E-state index contributed by atoms with van der Waals surface area (Å²) >= 11 is 0. The van der Waals surface area contributed by atoms with Gasteiger partial charge in [0.05, 0.1) is 23.4 Å². The van der Waals surface area contributed by atoms with Gasteiger partial charge in [-0.25, -0.2) is 4.79 Å². The lowest BCUT2D eigenvalue weighted by atomic mass is 10.0. The Kier molecular flexibility index (Phi) is 6.36. The SMILES string of the molecule is O=C(OCC1CCCO1)c1cccc(CN2CCCC(Nc3ccc4[nH]ncc4c3)C2)c1. The summed E-state index contributed by atoms with van der Waals surface area (Å²) in [7, 11) is 0. The molecule has 0 saturated carbocycles. The van der Waals surface area contributed by atoms with E-state index in [4.69, 9.17) is 9.47 Å². The first kappa shape index (κ1) is 21.0. The summed E-state index contributed by atoms with van der Waals surface area (Å²) in [6.45, 7) is 3.96. The van der Waals surface area contributed by atoms with Crippen LogP contribution in [0.15, 0.2) is 48.7 Å². The number of piperidine rings is 1. The van der Waals surface area contributed by atoms with Crippen molar-refractivity contribution < 1.29 is 14.3 Å². The van der Waals surface area contributed by atoms with Gasteiger partial charge in [-0.05, 0) is 68.1 Å². The molecule has 3 heterocycles. The minimum Gasteiger partial charge on any atom is -0.459 e. The van der Waals surface area contributed by atoms with E-state index in [1.54, 1.807) is 0 Å². The molecule has 3 aromatic rings. The Bertz CT molecular complexity index is 1060. The van der Waals surface area contributed by atoms with E-state index < -0.39 is 0 Å². The van der Waals surface area contributed by atoms with Gasteiger partial charge in [-0.15, -0.1) is 0 Å². The van der Waals surface area contributed by atoms with E-state index in [0.717, 1.165) is 74.1 Å². The van der Waals surface area contributed by atoms with Gasteiger partial charge in [0.2, 0.25) is 0 Å². The van der Waals surface area contributed by atoms with Crippen LogP contribution in [0.5, 0.6) is 0 Å². The molecule has 7 heteroatoms. The van der Waals surface area contributed by atoms with Gasteiger partial charge in [0.15, 0.2) is 0 Å². The van der Waals surface area contributed by atoms with E-state index in [-0.39, 0.29) is 12.1 Å². The van der Waals surface area contributed by atoms with E-state index in [1.807, 2.05) is 24.4 Å². The zero-order chi connectivity index (χ0) is 21.8. The van der Waals surface area contributed by atoms with Crippen LogP contribution >= 0.6 is 0 Å². The van der Waals surface area contributed by atoms with Crippen molar-refractivity contribution in [1.29, 1.82) is 0 Å². The lowest BCUT2D eigenvalue weighted by molar-refractivity contribution is 0.0161. The van der Waals surface area contributed by atoms with Gasteiger partial charge in [-0.3, -0.25) is 10.00 Å². The maximum absolute atomic E-state index is 12.5. The van der Waals surface area contributed by atoms with Crippen LogP contribution < -0.4 is 5.32 Å². The van der Waals surface area contributed by atoms with Crippen molar-refractivity contribution in [1.82, 2.24) is 15.1 Å². The van der Waals surface area contributed by atoms with Crippen LogP contribution in [0, 0.1) is 0 Å². The summed E-state index contributed by atoms with van der Waals surface area (Å²) in [5.41, 5.74) is 3.93. The molecule has 2 atom stereocenters. The zero-order valence-corrected chi connectivity index (χ0v) is 18.3. The number of aromatic amines is 1. The van der Waals surface area contributed by atoms with Crippen LogP contribution in [0.1, 0.15) is 41.6 Å². The molecule has 32 heavy (non-hydrogen) atoms. The number of rotatable bonds is 7. The quantitative estimate of drug-likeness (QED) is 0.548. The van der Waals surface area contributed by atoms with Crippen LogP contribution in [0.2, 0.25) is 0 Å². The number of hydrogen-bond donors (Lipinski definition) is 2. The van der Waals surface area contributed by atoms with Gasteiger partial charge in [-0.1, -0.05) is 12.1 Å². The fraction of sp³-hybridized carbons (Fsp3) is 0.440. The fourth-order valence-corrected chi connectivity index (χ4v) is 4.67. The molecular weight excluding hydrogens is 404 g/mol. The summed E-state index contributed by atoms with van der Waals surface area (Å²) < 4.78 is 11.0. The molecule has 2 aliphatic heterocycles. The molecule has 1 aromatic heterocycles. The average Bonchev–Trinajstić information content (AvgIpc) is 3.49. The normalized spacial score (nSPS) is 21.6. The van der Waals surface area contributed by atoms with Gasteiger partial charge < -0.3 is 14.8 Å². The van der Waals surface area contributed by atoms with E-state index in [2.05, 4.69) is 44.7 Å².